The maximum Gasteiger partial charge on any atom is 0.255 e. The standard InChI is InChI=1S/C21H23N5O2/c1-15-23-20(28)21(25-15)8-11-26(12-9-21)14-16-4-6-17(7-5-16)19(27)24-18-3-2-10-22-13-18/h2-7,10,13H,8-9,11-12,14H2,1H3,(H,24,27)(H,23,25,28). The normalized spacial score (nSPS) is 18.6. The molecule has 3 heterocycles. The van der Waals surface area contributed by atoms with Crippen LogP contribution in [0.25, 0.3) is 0 Å². The van der Waals surface area contributed by atoms with Gasteiger partial charge in [0.25, 0.3) is 11.8 Å². The molecule has 28 heavy (non-hydrogen) atoms. The first-order chi connectivity index (χ1) is 13.5. The second-order valence-corrected chi connectivity index (χ2v) is 7.35. The fourth-order valence-electron chi connectivity index (χ4n) is 3.76. The van der Waals surface area contributed by atoms with E-state index in [4.69, 9.17) is 0 Å². The Balaban J connectivity index is 1.33. The first kappa shape index (κ1) is 18.3. The summed E-state index contributed by atoms with van der Waals surface area (Å²) >= 11 is 0. The summed E-state index contributed by atoms with van der Waals surface area (Å²) < 4.78 is 0. The van der Waals surface area contributed by atoms with Crippen molar-refractivity contribution in [3.8, 4) is 0 Å². The van der Waals surface area contributed by atoms with Crippen LogP contribution in [0.15, 0.2) is 53.8 Å². The topological polar surface area (TPSA) is 86.7 Å². The Bertz CT molecular complexity index is 900. The second-order valence-electron chi connectivity index (χ2n) is 7.35. The van der Waals surface area contributed by atoms with Crippen LogP contribution >= 0.6 is 0 Å². The van der Waals surface area contributed by atoms with Gasteiger partial charge in [0.05, 0.1) is 11.9 Å². The highest BCUT2D eigenvalue weighted by Gasteiger charge is 2.44. The van der Waals surface area contributed by atoms with Gasteiger partial charge >= 0.3 is 0 Å². The van der Waals surface area contributed by atoms with Crippen molar-refractivity contribution in [2.24, 2.45) is 4.99 Å². The maximum atomic E-state index is 12.3. The summed E-state index contributed by atoms with van der Waals surface area (Å²) in [6, 6.07) is 11.2. The highest BCUT2D eigenvalue weighted by atomic mass is 16.2. The number of carbonyl (C=O) groups excluding carboxylic acids is 2. The van der Waals surface area contributed by atoms with Crippen LogP contribution in [0.1, 0.15) is 35.7 Å². The van der Waals surface area contributed by atoms with Crippen molar-refractivity contribution in [1.82, 2.24) is 15.2 Å². The molecular weight excluding hydrogens is 354 g/mol. The van der Waals surface area contributed by atoms with Gasteiger partial charge in [-0.1, -0.05) is 12.1 Å². The Morgan fingerprint density at radius 1 is 1.21 bits per heavy atom. The zero-order valence-electron chi connectivity index (χ0n) is 15.8. The molecule has 4 rings (SSSR count). The van der Waals surface area contributed by atoms with Gasteiger partial charge in [0.2, 0.25) is 0 Å². The highest BCUT2D eigenvalue weighted by molar-refractivity contribution is 6.07. The number of hydrogen-bond acceptors (Lipinski definition) is 5. The molecule has 1 aromatic carbocycles. The van der Waals surface area contributed by atoms with Crippen molar-refractivity contribution in [2.75, 3.05) is 18.4 Å². The molecule has 1 aromatic heterocycles. The molecule has 0 unspecified atom stereocenters. The van der Waals surface area contributed by atoms with Crippen LogP contribution in [0.5, 0.6) is 0 Å². The number of nitrogens with zero attached hydrogens (tertiary/aromatic N) is 3. The number of carbonyl (C=O) groups is 2. The average Bonchev–Trinajstić information content (AvgIpc) is 2.98. The van der Waals surface area contributed by atoms with Gasteiger partial charge in [0.15, 0.2) is 0 Å². The molecule has 2 aliphatic rings. The summed E-state index contributed by atoms with van der Waals surface area (Å²) in [6.45, 7) is 4.29. The number of anilines is 1. The van der Waals surface area contributed by atoms with Crippen LogP contribution in [-0.2, 0) is 11.3 Å². The van der Waals surface area contributed by atoms with E-state index in [1.807, 2.05) is 31.2 Å². The van der Waals surface area contributed by atoms with E-state index in [0.29, 0.717) is 11.3 Å². The van der Waals surface area contributed by atoms with Crippen molar-refractivity contribution in [3.63, 3.8) is 0 Å². The van der Waals surface area contributed by atoms with E-state index >= 15 is 0 Å². The summed E-state index contributed by atoms with van der Waals surface area (Å²) in [5, 5.41) is 5.66. The van der Waals surface area contributed by atoms with Gasteiger partial charge in [0, 0.05) is 31.4 Å². The predicted octanol–water partition coefficient (Wildman–Crippen LogP) is 2.22. The predicted molar refractivity (Wildman–Crippen MR) is 107 cm³/mol. The fourth-order valence-corrected chi connectivity index (χ4v) is 3.76. The molecule has 1 saturated heterocycles. The fraction of sp³-hybridized carbons (Fsp3) is 0.333. The number of rotatable bonds is 4. The summed E-state index contributed by atoms with van der Waals surface area (Å²) in [5.74, 6) is 0.604. The SMILES string of the molecule is CC1=NC2(CCN(Cc3ccc(C(=O)Nc4cccnc4)cc3)CC2)C(=O)N1. The minimum absolute atomic E-state index is 0.0358. The molecular formula is C21H23N5O2. The lowest BCUT2D eigenvalue weighted by molar-refractivity contribution is -0.125. The molecule has 2 amide bonds. The lowest BCUT2D eigenvalue weighted by atomic mass is 9.88. The Morgan fingerprint density at radius 3 is 2.57 bits per heavy atom. The smallest absolute Gasteiger partial charge is 0.255 e. The molecule has 7 heteroatoms. The molecule has 0 bridgehead atoms. The van der Waals surface area contributed by atoms with E-state index in [1.165, 1.54) is 0 Å². The summed E-state index contributed by atoms with van der Waals surface area (Å²) in [5.41, 5.74) is 1.86. The van der Waals surface area contributed by atoms with E-state index in [2.05, 4.69) is 25.5 Å². The van der Waals surface area contributed by atoms with Gasteiger partial charge in [-0.25, -0.2) is 0 Å². The minimum atomic E-state index is -0.561. The largest absolute Gasteiger partial charge is 0.321 e. The lowest BCUT2D eigenvalue weighted by Gasteiger charge is -2.35. The monoisotopic (exact) mass is 377 g/mol. The van der Waals surface area contributed by atoms with E-state index in [1.54, 1.807) is 24.5 Å². The molecule has 2 aliphatic heterocycles. The molecule has 0 radical (unpaired) electrons. The second kappa shape index (κ2) is 7.52. The molecule has 0 atom stereocenters. The Morgan fingerprint density at radius 2 is 1.96 bits per heavy atom. The van der Waals surface area contributed by atoms with Gasteiger partial charge in [-0.3, -0.25) is 24.5 Å². The number of piperidine rings is 1. The zero-order valence-corrected chi connectivity index (χ0v) is 15.8. The number of aromatic nitrogens is 1. The third kappa shape index (κ3) is 3.80. The Hall–Kier alpha value is -3.06. The summed E-state index contributed by atoms with van der Waals surface area (Å²) in [4.78, 5) is 35.4. The number of amides is 2. The number of amidine groups is 1. The van der Waals surface area contributed by atoms with Crippen LogP contribution in [0.3, 0.4) is 0 Å². The first-order valence-electron chi connectivity index (χ1n) is 9.45. The van der Waals surface area contributed by atoms with E-state index in [0.717, 1.165) is 43.9 Å². The molecule has 2 N–H and O–H groups in total. The Labute approximate surface area is 163 Å². The van der Waals surface area contributed by atoms with Crippen LogP contribution in [0, 0.1) is 0 Å². The minimum Gasteiger partial charge on any atom is -0.321 e. The molecule has 2 aromatic rings. The number of pyridine rings is 1. The van der Waals surface area contributed by atoms with Crippen molar-refractivity contribution in [3.05, 3.63) is 59.9 Å². The molecule has 1 spiro atoms. The molecule has 1 fully saturated rings. The number of aliphatic imine (C=N–C) groups is 1. The van der Waals surface area contributed by atoms with E-state index in [-0.39, 0.29) is 11.8 Å². The number of nitrogens with one attached hydrogen (secondary N) is 2. The van der Waals surface area contributed by atoms with Gasteiger partial charge in [-0.15, -0.1) is 0 Å². The third-order valence-corrected chi connectivity index (χ3v) is 5.32. The quantitative estimate of drug-likeness (QED) is 0.855. The Kier molecular flexibility index (Phi) is 4.92. The molecule has 144 valence electrons. The van der Waals surface area contributed by atoms with Crippen LogP contribution in [0.4, 0.5) is 5.69 Å². The van der Waals surface area contributed by atoms with Crippen molar-refractivity contribution >= 4 is 23.3 Å². The molecule has 7 nitrogen and oxygen atoms in total. The first-order valence-corrected chi connectivity index (χ1v) is 9.45. The maximum absolute atomic E-state index is 12.3. The van der Waals surface area contributed by atoms with Gasteiger partial charge < -0.3 is 10.6 Å². The summed E-state index contributed by atoms with van der Waals surface area (Å²) in [7, 11) is 0. The van der Waals surface area contributed by atoms with Gasteiger partial charge in [-0.2, -0.15) is 0 Å². The number of benzene rings is 1. The molecule has 0 saturated carbocycles. The van der Waals surface area contributed by atoms with E-state index < -0.39 is 5.54 Å². The van der Waals surface area contributed by atoms with Crippen molar-refractivity contribution in [1.29, 1.82) is 0 Å². The van der Waals surface area contributed by atoms with Crippen molar-refractivity contribution < 1.29 is 9.59 Å². The van der Waals surface area contributed by atoms with E-state index in [9.17, 15) is 9.59 Å². The third-order valence-electron chi connectivity index (χ3n) is 5.32. The van der Waals surface area contributed by atoms with Crippen LogP contribution in [0.2, 0.25) is 0 Å². The zero-order chi connectivity index (χ0) is 19.6. The number of hydrogen-bond donors (Lipinski definition) is 2. The molecule has 0 aliphatic carbocycles. The van der Waals surface area contributed by atoms with Crippen LogP contribution < -0.4 is 10.6 Å². The highest BCUT2D eigenvalue weighted by Crippen LogP contribution is 2.30. The lowest BCUT2D eigenvalue weighted by Crippen LogP contribution is -2.48. The van der Waals surface area contributed by atoms with Crippen molar-refractivity contribution in [2.45, 2.75) is 31.8 Å². The summed E-state index contributed by atoms with van der Waals surface area (Å²) in [6.07, 6.45) is 4.76. The van der Waals surface area contributed by atoms with Gasteiger partial charge in [0.1, 0.15) is 11.4 Å². The van der Waals surface area contributed by atoms with Gasteiger partial charge in [-0.05, 0) is 49.6 Å². The number of likely N-dealkylation sites (tertiary alicyclic amines) is 1. The van der Waals surface area contributed by atoms with Crippen LogP contribution in [-0.4, -0.2) is 46.2 Å². The average molecular weight is 377 g/mol.